The molecule has 4 rings (SSSR count). The highest BCUT2D eigenvalue weighted by atomic mass is 19.3. The fourth-order valence-electron chi connectivity index (χ4n) is 6.71. The van der Waals surface area contributed by atoms with Crippen molar-refractivity contribution >= 4 is 17.3 Å². The molecule has 0 saturated heterocycles. The van der Waals surface area contributed by atoms with Gasteiger partial charge in [-0.15, -0.1) is 0 Å². The van der Waals surface area contributed by atoms with Crippen LogP contribution in [0.25, 0.3) is 0 Å². The molecule has 0 bridgehead atoms. The number of carbonyl (C=O) groups is 3. The molecule has 0 unspecified atom stereocenters. The minimum atomic E-state index is -3.06. The number of halogens is 2. The van der Waals surface area contributed by atoms with Crippen LogP contribution in [0.3, 0.4) is 0 Å². The summed E-state index contributed by atoms with van der Waals surface area (Å²) >= 11 is 0. The van der Waals surface area contributed by atoms with Crippen LogP contribution in [-0.4, -0.2) is 46.2 Å². The number of ketones is 3. The summed E-state index contributed by atoms with van der Waals surface area (Å²) in [6, 6.07) is 0. The molecular formula is C21H24F2O5. The smallest absolute Gasteiger partial charge is 0.248 e. The molecule has 4 aliphatic rings. The van der Waals surface area contributed by atoms with Gasteiger partial charge in [0, 0.05) is 17.8 Å². The van der Waals surface area contributed by atoms with E-state index < -0.39 is 65.2 Å². The van der Waals surface area contributed by atoms with E-state index in [0.717, 1.165) is 5.57 Å². The van der Waals surface area contributed by atoms with E-state index in [1.165, 1.54) is 6.08 Å². The minimum Gasteiger partial charge on any atom is -0.388 e. The fraction of sp³-hybridized carbons (Fsp3) is 0.667. The second-order valence-electron chi connectivity index (χ2n) is 8.94. The van der Waals surface area contributed by atoms with Crippen LogP contribution in [-0.2, 0) is 14.4 Å². The fourth-order valence-corrected chi connectivity index (χ4v) is 6.71. The normalized spacial score (nSPS) is 44.8. The van der Waals surface area contributed by atoms with E-state index in [2.05, 4.69) is 0 Å². The molecule has 5 nitrogen and oxygen atoms in total. The highest BCUT2D eigenvalue weighted by Crippen LogP contribution is 2.67. The van der Waals surface area contributed by atoms with Crippen molar-refractivity contribution in [3.8, 4) is 0 Å². The Hall–Kier alpha value is -1.73. The van der Waals surface area contributed by atoms with Crippen LogP contribution in [0.1, 0.15) is 39.0 Å². The molecule has 4 aliphatic carbocycles. The van der Waals surface area contributed by atoms with E-state index in [1.54, 1.807) is 12.2 Å². The van der Waals surface area contributed by atoms with Crippen LogP contribution in [0.5, 0.6) is 0 Å². The number of aliphatic hydroxyl groups is 2. The number of hydrogen-bond acceptors (Lipinski definition) is 5. The van der Waals surface area contributed by atoms with Crippen LogP contribution in [0.15, 0.2) is 23.8 Å². The zero-order valence-electron chi connectivity index (χ0n) is 15.7. The lowest BCUT2D eigenvalue weighted by atomic mass is 9.46. The SMILES string of the molecule is C[C@]12C=CC(=O)C=C1CC[C@@H]1[C@@H]2C(=O)C[C@@]2(C(F)F)[C@H]1CC[C@]2(O)C(=O)CO. The first-order valence-electron chi connectivity index (χ1n) is 9.73. The van der Waals surface area contributed by atoms with Gasteiger partial charge in [0.2, 0.25) is 6.43 Å². The van der Waals surface area contributed by atoms with Crippen molar-refractivity contribution in [2.75, 3.05) is 6.61 Å². The van der Waals surface area contributed by atoms with Crippen LogP contribution in [0, 0.1) is 28.6 Å². The predicted octanol–water partition coefficient (Wildman–Crippen LogP) is 2.01. The molecule has 2 N–H and O–H groups in total. The molecule has 0 aromatic heterocycles. The first-order valence-corrected chi connectivity index (χ1v) is 9.73. The van der Waals surface area contributed by atoms with Gasteiger partial charge in [-0.25, -0.2) is 8.78 Å². The van der Waals surface area contributed by atoms with E-state index in [1.807, 2.05) is 6.92 Å². The molecule has 0 spiro atoms. The average Bonchev–Trinajstić information content (AvgIpc) is 2.96. The Morgan fingerprint density at radius 2 is 2.04 bits per heavy atom. The van der Waals surface area contributed by atoms with Crippen molar-refractivity contribution in [1.29, 1.82) is 0 Å². The van der Waals surface area contributed by atoms with E-state index in [4.69, 9.17) is 0 Å². The molecule has 152 valence electrons. The third kappa shape index (κ3) is 2.20. The molecule has 3 fully saturated rings. The minimum absolute atomic E-state index is 0.139. The number of hydrogen-bond donors (Lipinski definition) is 2. The zero-order chi connectivity index (χ0) is 20.5. The number of allylic oxidation sites excluding steroid dienone is 4. The standard InChI is InChI=1S/C21H24F2O5/c1-19-6-4-12(25)8-11(19)2-3-13-14-5-7-21(28,16(27)10-24)20(14,18(22)23)9-15(26)17(13)19/h4,6,8,13-14,17-18,24,28H,2-3,5,7,9-10H2,1H3/t13-,14-,17+,19-,20-,21-/m0/s1. The van der Waals surface area contributed by atoms with Crippen molar-refractivity contribution in [1.82, 2.24) is 0 Å². The quantitative estimate of drug-likeness (QED) is 0.764. The largest absolute Gasteiger partial charge is 0.388 e. The molecule has 0 amide bonds. The van der Waals surface area contributed by atoms with Crippen LogP contribution in [0.2, 0.25) is 0 Å². The van der Waals surface area contributed by atoms with Gasteiger partial charge in [0.15, 0.2) is 11.6 Å². The van der Waals surface area contributed by atoms with Crippen LogP contribution >= 0.6 is 0 Å². The summed E-state index contributed by atoms with van der Waals surface area (Å²) < 4.78 is 28.9. The molecule has 0 aromatic carbocycles. The maximum Gasteiger partial charge on any atom is 0.248 e. The number of fused-ring (bicyclic) bond motifs is 5. The van der Waals surface area contributed by atoms with E-state index in [-0.39, 0.29) is 18.6 Å². The first kappa shape index (κ1) is 19.6. The molecule has 0 aromatic rings. The zero-order valence-corrected chi connectivity index (χ0v) is 15.7. The summed E-state index contributed by atoms with van der Waals surface area (Å²) in [6.45, 7) is 0.835. The summed E-state index contributed by atoms with van der Waals surface area (Å²) in [6.07, 6.45) is 2.04. The van der Waals surface area contributed by atoms with Crippen molar-refractivity contribution < 1.29 is 33.4 Å². The lowest BCUT2D eigenvalue weighted by molar-refractivity contribution is -0.201. The summed E-state index contributed by atoms with van der Waals surface area (Å²) in [5.41, 5.74) is -4.41. The second-order valence-corrected chi connectivity index (χ2v) is 8.94. The van der Waals surface area contributed by atoms with Gasteiger partial charge < -0.3 is 10.2 Å². The van der Waals surface area contributed by atoms with Crippen molar-refractivity contribution in [3.05, 3.63) is 23.8 Å². The Balaban J connectivity index is 1.82. The van der Waals surface area contributed by atoms with Gasteiger partial charge in [0.25, 0.3) is 0 Å². The molecule has 3 saturated carbocycles. The molecule has 0 radical (unpaired) electrons. The topological polar surface area (TPSA) is 91.7 Å². The highest BCUT2D eigenvalue weighted by molar-refractivity contribution is 6.02. The number of Topliss-reactive ketones (excluding diaryl/α,β-unsaturated/α-hetero) is 2. The Bertz CT molecular complexity index is 818. The van der Waals surface area contributed by atoms with Gasteiger partial charge in [-0.2, -0.15) is 0 Å². The third-order valence-corrected chi connectivity index (χ3v) is 8.00. The Morgan fingerprint density at radius 3 is 2.68 bits per heavy atom. The lowest BCUT2D eigenvalue weighted by Gasteiger charge is -2.57. The van der Waals surface area contributed by atoms with Crippen molar-refractivity contribution in [3.63, 3.8) is 0 Å². The second kappa shape index (κ2) is 6.13. The molecule has 6 atom stereocenters. The average molecular weight is 394 g/mol. The maximum absolute atomic E-state index is 14.5. The number of alkyl halides is 2. The van der Waals surface area contributed by atoms with Gasteiger partial charge in [-0.05, 0) is 49.7 Å². The van der Waals surface area contributed by atoms with Gasteiger partial charge in [0.1, 0.15) is 18.0 Å². The number of rotatable bonds is 3. The lowest BCUT2D eigenvalue weighted by Crippen LogP contribution is -2.64. The molecule has 28 heavy (non-hydrogen) atoms. The molecule has 0 aliphatic heterocycles. The summed E-state index contributed by atoms with van der Waals surface area (Å²) in [5, 5.41) is 20.3. The summed E-state index contributed by atoms with van der Waals surface area (Å²) in [5.74, 6) is -3.23. The first-order chi connectivity index (χ1) is 13.1. The monoisotopic (exact) mass is 394 g/mol. The maximum atomic E-state index is 14.5. The number of aliphatic hydroxyl groups excluding tert-OH is 1. The van der Waals surface area contributed by atoms with Crippen LogP contribution < -0.4 is 0 Å². The molecule has 7 heteroatoms. The molecular weight excluding hydrogens is 370 g/mol. The Labute approximate surface area is 161 Å². The number of carbonyl (C=O) groups excluding carboxylic acids is 3. The van der Waals surface area contributed by atoms with E-state index in [9.17, 15) is 33.4 Å². The van der Waals surface area contributed by atoms with E-state index in [0.29, 0.717) is 12.8 Å². The van der Waals surface area contributed by atoms with Crippen LogP contribution in [0.4, 0.5) is 8.78 Å². The highest BCUT2D eigenvalue weighted by Gasteiger charge is 2.73. The third-order valence-electron chi connectivity index (χ3n) is 8.00. The predicted molar refractivity (Wildman–Crippen MR) is 94.4 cm³/mol. The summed E-state index contributed by atoms with van der Waals surface area (Å²) in [4.78, 5) is 37.3. The van der Waals surface area contributed by atoms with E-state index >= 15 is 0 Å². The van der Waals surface area contributed by atoms with Crippen molar-refractivity contribution in [2.24, 2.45) is 28.6 Å². The van der Waals surface area contributed by atoms with Gasteiger partial charge in [0.05, 0.1) is 5.41 Å². The Morgan fingerprint density at radius 1 is 1.32 bits per heavy atom. The van der Waals surface area contributed by atoms with Gasteiger partial charge in [-0.3, -0.25) is 14.4 Å². The van der Waals surface area contributed by atoms with Gasteiger partial charge >= 0.3 is 0 Å². The van der Waals surface area contributed by atoms with Crippen molar-refractivity contribution in [2.45, 2.75) is 51.1 Å². The van der Waals surface area contributed by atoms with Gasteiger partial charge in [-0.1, -0.05) is 18.6 Å². The molecule has 0 heterocycles. The Kier molecular flexibility index (Phi) is 4.29. The summed E-state index contributed by atoms with van der Waals surface area (Å²) in [7, 11) is 0.